The molecule has 0 N–H and O–H groups in total. The third kappa shape index (κ3) is 4.16. The molecule has 3 aromatic carbocycles. The summed E-state index contributed by atoms with van der Waals surface area (Å²) in [6, 6.07) is 24.6. The van der Waals surface area contributed by atoms with E-state index in [2.05, 4.69) is 115 Å². The topological polar surface area (TPSA) is 0 Å². The summed E-state index contributed by atoms with van der Waals surface area (Å²) < 4.78 is 0. The highest BCUT2D eigenvalue weighted by Gasteiger charge is 2.19. The van der Waals surface area contributed by atoms with Gasteiger partial charge in [0.15, 0.2) is 0 Å². The van der Waals surface area contributed by atoms with E-state index < -0.39 is 0 Å². The van der Waals surface area contributed by atoms with Crippen LogP contribution < -0.4 is 0 Å². The third-order valence-corrected chi connectivity index (χ3v) is 5.32. The summed E-state index contributed by atoms with van der Waals surface area (Å²) in [6.07, 6.45) is 0. The van der Waals surface area contributed by atoms with E-state index in [1.165, 1.54) is 38.9 Å². The van der Waals surface area contributed by atoms with Gasteiger partial charge in [-0.1, -0.05) is 108 Å². The summed E-state index contributed by atoms with van der Waals surface area (Å²) in [7, 11) is 0. The Morgan fingerprint density at radius 2 is 1.22 bits per heavy atom. The summed E-state index contributed by atoms with van der Waals surface area (Å²) in [5.41, 5.74) is 9.63. The largest absolute Gasteiger partial charge is 0.0622 e. The maximum atomic E-state index is 2.37. The number of aryl methyl sites for hydroxylation is 1. The number of hydrogen-bond acceptors (Lipinski definition) is 0. The molecule has 140 valence electrons. The van der Waals surface area contributed by atoms with Crippen LogP contribution in [0.15, 0.2) is 66.7 Å². The maximum Gasteiger partial charge on any atom is -0.0102 e. The number of rotatable bonds is 2. The summed E-state index contributed by atoms with van der Waals surface area (Å²) in [4.78, 5) is 0. The van der Waals surface area contributed by atoms with Gasteiger partial charge >= 0.3 is 0 Å². The molecule has 0 amide bonds. The fourth-order valence-corrected chi connectivity index (χ4v) is 3.79. The minimum absolute atomic E-state index is 0.133. The minimum Gasteiger partial charge on any atom is -0.0622 e. The molecule has 0 aliphatic rings. The quantitative estimate of drug-likeness (QED) is 0.437. The Bertz CT molecular complexity index is 932. The van der Waals surface area contributed by atoms with E-state index in [1.54, 1.807) is 0 Å². The molecule has 3 aromatic rings. The van der Waals surface area contributed by atoms with Crippen LogP contribution in [0.4, 0.5) is 0 Å². The molecule has 0 aliphatic heterocycles. The Hall–Kier alpha value is -2.34. The van der Waals surface area contributed by atoms with Crippen LogP contribution in [0.25, 0.3) is 22.3 Å². The second-order valence-electron chi connectivity index (χ2n) is 9.66. The highest BCUT2D eigenvalue weighted by molar-refractivity contribution is 5.84. The monoisotopic (exact) mass is 356 g/mol. The molecule has 0 aliphatic carbocycles. The summed E-state index contributed by atoms with van der Waals surface area (Å²) >= 11 is 0. The molecule has 0 spiro atoms. The lowest BCUT2D eigenvalue weighted by molar-refractivity contribution is 0.586. The molecule has 0 heteroatoms. The molecule has 0 saturated heterocycles. The van der Waals surface area contributed by atoms with Gasteiger partial charge in [0.2, 0.25) is 0 Å². The van der Waals surface area contributed by atoms with Crippen LogP contribution in [-0.2, 0) is 10.8 Å². The van der Waals surface area contributed by atoms with Gasteiger partial charge in [0.1, 0.15) is 0 Å². The van der Waals surface area contributed by atoms with Crippen LogP contribution in [0.3, 0.4) is 0 Å². The van der Waals surface area contributed by atoms with E-state index in [9.17, 15) is 0 Å². The van der Waals surface area contributed by atoms with Crippen molar-refractivity contribution in [1.82, 2.24) is 0 Å². The van der Waals surface area contributed by atoms with Crippen LogP contribution in [0.2, 0.25) is 0 Å². The van der Waals surface area contributed by atoms with Crippen LogP contribution >= 0.6 is 0 Å². The van der Waals surface area contributed by atoms with Crippen LogP contribution in [0, 0.1) is 6.92 Å². The first-order valence-electron chi connectivity index (χ1n) is 9.89. The average molecular weight is 357 g/mol. The van der Waals surface area contributed by atoms with Gasteiger partial charge in [-0.15, -0.1) is 0 Å². The highest BCUT2D eigenvalue weighted by Crippen LogP contribution is 2.37. The molecule has 0 aromatic heterocycles. The fourth-order valence-electron chi connectivity index (χ4n) is 3.79. The molecular weight excluding hydrogens is 324 g/mol. The lowest BCUT2D eigenvalue weighted by Gasteiger charge is -2.24. The predicted octanol–water partition coefficient (Wildman–Crippen LogP) is 7.92. The van der Waals surface area contributed by atoms with Crippen molar-refractivity contribution in [2.45, 2.75) is 59.3 Å². The van der Waals surface area contributed by atoms with E-state index in [4.69, 9.17) is 0 Å². The second kappa shape index (κ2) is 7.00. The summed E-state index contributed by atoms with van der Waals surface area (Å²) in [5, 5.41) is 0. The Morgan fingerprint density at radius 1 is 0.556 bits per heavy atom. The Kier molecular flexibility index (Phi) is 5.04. The first-order valence-corrected chi connectivity index (χ1v) is 9.89. The normalized spacial score (nSPS) is 12.3. The van der Waals surface area contributed by atoms with Crippen molar-refractivity contribution in [1.29, 1.82) is 0 Å². The zero-order valence-corrected chi connectivity index (χ0v) is 17.9. The van der Waals surface area contributed by atoms with Crippen molar-refractivity contribution in [3.63, 3.8) is 0 Å². The number of benzene rings is 3. The van der Waals surface area contributed by atoms with Crippen molar-refractivity contribution in [3.8, 4) is 22.3 Å². The number of hydrogen-bond donors (Lipinski definition) is 0. The van der Waals surface area contributed by atoms with Gasteiger partial charge in [0.25, 0.3) is 0 Å². The molecule has 0 nitrogen and oxygen atoms in total. The summed E-state index contributed by atoms with van der Waals surface area (Å²) in [6.45, 7) is 15.9. The minimum atomic E-state index is 0.133. The average Bonchev–Trinajstić information content (AvgIpc) is 2.60. The molecule has 27 heavy (non-hydrogen) atoms. The van der Waals surface area contributed by atoms with Gasteiger partial charge in [-0.25, -0.2) is 0 Å². The lowest BCUT2D eigenvalue weighted by Crippen LogP contribution is -2.13. The first kappa shape index (κ1) is 19.4. The van der Waals surface area contributed by atoms with Gasteiger partial charge in [0.05, 0.1) is 0 Å². The molecule has 0 unspecified atom stereocenters. The van der Waals surface area contributed by atoms with Crippen LogP contribution in [0.5, 0.6) is 0 Å². The predicted molar refractivity (Wildman–Crippen MR) is 119 cm³/mol. The van der Waals surface area contributed by atoms with E-state index in [1.807, 2.05) is 0 Å². The van der Waals surface area contributed by atoms with E-state index in [0.717, 1.165) is 0 Å². The Balaban J connectivity index is 2.20. The van der Waals surface area contributed by atoms with Crippen LogP contribution in [0.1, 0.15) is 58.2 Å². The SMILES string of the molecule is Cc1cc(-c2ccc(C(C)(C)C)cc2-c2ccccc2)ccc1C(C)(C)C. The molecule has 3 rings (SSSR count). The molecule has 0 bridgehead atoms. The van der Waals surface area contributed by atoms with Gasteiger partial charge in [-0.3, -0.25) is 0 Å². The molecule has 0 radical (unpaired) electrons. The zero-order chi connectivity index (χ0) is 19.8. The second-order valence-corrected chi connectivity index (χ2v) is 9.66. The molecule has 0 fully saturated rings. The van der Waals surface area contributed by atoms with Gasteiger partial charge in [0, 0.05) is 0 Å². The van der Waals surface area contributed by atoms with Crippen molar-refractivity contribution < 1.29 is 0 Å². The fraction of sp³-hybridized carbons (Fsp3) is 0.333. The maximum absolute atomic E-state index is 2.37. The molecular formula is C27H32. The lowest BCUT2D eigenvalue weighted by atomic mass is 9.81. The smallest absolute Gasteiger partial charge is 0.0102 e. The van der Waals surface area contributed by atoms with Gasteiger partial charge < -0.3 is 0 Å². The zero-order valence-electron chi connectivity index (χ0n) is 17.9. The summed E-state index contributed by atoms with van der Waals surface area (Å²) in [5.74, 6) is 0. The van der Waals surface area contributed by atoms with Gasteiger partial charge in [-0.05, 0) is 56.7 Å². The van der Waals surface area contributed by atoms with E-state index in [-0.39, 0.29) is 10.8 Å². The third-order valence-electron chi connectivity index (χ3n) is 5.32. The molecule has 0 heterocycles. The van der Waals surface area contributed by atoms with Crippen LogP contribution in [-0.4, -0.2) is 0 Å². The van der Waals surface area contributed by atoms with Crippen molar-refractivity contribution >= 4 is 0 Å². The molecule has 0 atom stereocenters. The van der Waals surface area contributed by atoms with Gasteiger partial charge in [-0.2, -0.15) is 0 Å². The molecule has 0 saturated carbocycles. The standard InChI is InChI=1S/C27H32/c1-19-17-21(13-16-25(19)27(5,6)7)23-15-14-22(26(2,3)4)18-24(23)20-11-9-8-10-12-20/h8-18H,1-7H3. The van der Waals surface area contributed by atoms with E-state index >= 15 is 0 Å². The van der Waals surface area contributed by atoms with Crippen molar-refractivity contribution in [2.24, 2.45) is 0 Å². The Morgan fingerprint density at radius 3 is 1.78 bits per heavy atom. The highest BCUT2D eigenvalue weighted by atomic mass is 14.2. The first-order chi connectivity index (χ1) is 12.6. The van der Waals surface area contributed by atoms with Crippen molar-refractivity contribution in [2.75, 3.05) is 0 Å². The Labute approximate surface area is 165 Å². The van der Waals surface area contributed by atoms with Crippen molar-refractivity contribution in [3.05, 3.63) is 83.4 Å². The van der Waals surface area contributed by atoms with E-state index in [0.29, 0.717) is 0 Å².